The van der Waals surface area contributed by atoms with Gasteiger partial charge in [-0.1, -0.05) is 12.1 Å². The van der Waals surface area contributed by atoms with E-state index in [-0.39, 0.29) is 30.2 Å². The Morgan fingerprint density at radius 3 is 2.58 bits per heavy atom. The molecule has 0 aliphatic carbocycles. The summed E-state index contributed by atoms with van der Waals surface area (Å²) in [6.45, 7) is 3.43. The van der Waals surface area contributed by atoms with E-state index < -0.39 is 5.97 Å². The standard InChI is InChI=1S/C18H24N2O4/c1-13-16(19(2)11-12-21)9-10-20(13)17(22)8-5-14-3-6-15(7-4-14)18(23)24/h3-8,13,16,21H,9-12H2,1-2H3,(H,23,24)/b8-5+/t13-,16-/m1/s1. The monoisotopic (exact) mass is 332 g/mol. The zero-order valence-corrected chi connectivity index (χ0v) is 14.1. The maximum atomic E-state index is 12.4. The van der Waals surface area contributed by atoms with Gasteiger partial charge in [0.25, 0.3) is 0 Å². The summed E-state index contributed by atoms with van der Waals surface area (Å²) in [7, 11) is 1.96. The molecule has 0 unspecified atom stereocenters. The number of aliphatic hydroxyl groups is 1. The van der Waals surface area contributed by atoms with Gasteiger partial charge in [-0.2, -0.15) is 0 Å². The van der Waals surface area contributed by atoms with E-state index in [1.165, 1.54) is 18.2 Å². The number of likely N-dealkylation sites (N-methyl/N-ethyl adjacent to an activating group) is 1. The molecule has 6 heteroatoms. The van der Waals surface area contributed by atoms with Crippen molar-refractivity contribution in [3.05, 3.63) is 41.5 Å². The lowest BCUT2D eigenvalue weighted by atomic mass is 10.1. The highest BCUT2D eigenvalue weighted by Crippen LogP contribution is 2.22. The van der Waals surface area contributed by atoms with Crippen LogP contribution in [0, 0.1) is 0 Å². The van der Waals surface area contributed by atoms with E-state index in [0.717, 1.165) is 12.0 Å². The Bertz CT molecular complexity index is 612. The van der Waals surface area contributed by atoms with Gasteiger partial charge in [0.05, 0.1) is 12.2 Å². The number of hydrogen-bond donors (Lipinski definition) is 2. The van der Waals surface area contributed by atoms with Gasteiger partial charge >= 0.3 is 5.97 Å². The van der Waals surface area contributed by atoms with Crippen LogP contribution in [0.5, 0.6) is 0 Å². The number of carboxylic acid groups (broad SMARTS) is 1. The summed E-state index contributed by atoms with van der Waals surface area (Å²) in [5.41, 5.74) is 1.01. The molecule has 24 heavy (non-hydrogen) atoms. The van der Waals surface area contributed by atoms with Gasteiger partial charge in [-0.3, -0.25) is 9.69 Å². The molecule has 2 rings (SSSR count). The van der Waals surface area contributed by atoms with Crippen molar-refractivity contribution in [2.24, 2.45) is 0 Å². The zero-order chi connectivity index (χ0) is 17.7. The highest BCUT2D eigenvalue weighted by Gasteiger charge is 2.34. The molecule has 0 radical (unpaired) electrons. The Labute approximate surface area is 142 Å². The summed E-state index contributed by atoms with van der Waals surface area (Å²) in [5, 5.41) is 17.9. The minimum atomic E-state index is -0.967. The van der Waals surface area contributed by atoms with E-state index in [4.69, 9.17) is 10.2 Å². The predicted molar refractivity (Wildman–Crippen MR) is 91.7 cm³/mol. The van der Waals surface area contributed by atoms with E-state index >= 15 is 0 Å². The average Bonchev–Trinajstić information content (AvgIpc) is 2.95. The summed E-state index contributed by atoms with van der Waals surface area (Å²) in [4.78, 5) is 27.2. The number of likely N-dealkylation sites (tertiary alicyclic amines) is 1. The summed E-state index contributed by atoms with van der Waals surface area (Å²) in [6.07, 6.45) is 4.12. The third kappa shape index (κ3) is 4.21. The molecule has 1 heterocycles. The Hall–Kier alpha value is -2.18. The quantitative estimate of drug-likeness (QED) is 0.768. The number of carboxylic acids is 1. The van der Waals surface area contributed by atoms with Crippen molar-refractivity contribution in [3.8, 4) is 0 Å². The molecular formula is C18H24N2O4. The van der Waals surface area contributed by atoms with Gasteiger partial charge in [0, 0.05) is 31.2 Å². The summed E-state index contributed by atoms with van der Waals surface area (Å²) < 4.78 is 0. The van der Waals surface area contributed by atoms with Crippen LogP contribution < -0.4 is 0 Å². The summed E-state index contributed by atoms with van der Waals surface area (Å²) in [5.74, 6) is -1.02. The van der Waals surface area contributed by atoms with Gasteiger partial charge in [0.2, 0.25) is 5.91 Å². The van der Waals surface area contributed by atoms with Crippen molar-refractivity contribution >= 4 is 18.0 Å². The zero-order valence-electron chi connectivity index (χ0n) is 14.1. The molecule has 1 fully saturated rings. The Kier molecular flexibility index (Phi) is 6.11. The predicted octanol–water partition coefficient (Wildman–Crippen LogP) is 1.31. The molecule has 1 saturated heterocycles. The molecule has 130 valence electrons. The van der Waals surface area contributed by atoms with Crippen LogP contribution in [0.1, 0.15) is 29.3 Å². The number of aromatic carboxylic acids is 1. The molecule has 6 nitrogen and oxygen atoms in total. The lowest BCUT2D eigenvalue weighted by Crippen LogP contribution is -2.44. The molecule has 2 atom stereocenters. The fourth-order valence-electron chi connectivity index (χ4n) is 3.15. The molecule has 0 aromatic heterocycles. The maximum absolute atomic E-state index is 12.4. The van der Waals surface area contributed by atoms with Crippen LogP contribution in [0.15, 0.2) is 30.3 Å². The number of carbonyl (C=O) groups is 2. The minimum absolute atomic E-state index is 0.0512. The number of hydrogen-bond acceptors (Lipinski definition) is 4. The van der Waals surface area contributed by atoms with Crippen molar-refractivity contribution in [2.45, 2.75) is 25.4 Å². The lowest BCUT2D eigenvalue weighted by Gasteiger charge is -2.29. The van der Waals surface area contributed by atoms with E-state index in [0.29, 0.717) is 13.1 Å². The maximum Gasteiger partial charge on any atom is 0.335 e. The van der Waals surface area contributed by atoms with Gasteiger partial charge < -0.3 is 15.1 Å². The minimum Gasteiger partial charge on any atom is -0.478 e. The SMILES string of the molecule is C[C@@H]1[C@H](N(C)CCO)CCN1C(=O)/C=C/c1ccc(C(=O)O)cc1. The Morgan fingerprint density at radius 2 is 2.00 bits per heavy atom. The molecule has 0 saturated carbocycles. The first-order valence-electron chi connectivity index (χ1n) is 8.07. The first-order chi connectivity index (χ1) is 11.4. The molecule has 1 aromatic carbocycles. The van der Waals surface area contributed by atoms with Crippen molar-refractivity contribution in [2.75, 3.05) is 26.7 Å². The largest absolute Gasteiger partial charge is 0.478 e. The van der Waals surface area contributed by atoms with Crippen molar-refractivity contribution < 1.29 is 19.8 Å². The highest BCUT2D eigenvalue weighted by molar-refractivity contribution is 5.92. The number of carbonyl (C=O) groups excluding carboxylic acids is 1. The number of rotatable bonds is 6. The third-order valence-electron chi connectivity index (χ3n) is 4.59. The number of amides is 1. The molecule has 0 spiro atoms. The normalized spacial score (nSPS) is 20.9. The molecule has 1 aromatic rings. The van der Waals surface area contributed by atoms with Crippen LogP contribution in [-0.4, -0.2) is 70.7 Å². The average molecular weight is 332 g/mol. The van der Waals surface area contributed by atoms with Crippen LogP contribution in [-0.2, 0) is 4.79 Å². The van der Waals surface area contributed by atoms with E-state index in [1.54, 1.807) is 18.2 Å². The molecular weight excluding hydrogens is 308 g/mol. The van der Waals surface area contributed by atoms with E-state index in [2.05, 4.69) is 4.90 Å². The molecule has 1 aliphatic rings. The van der Waals surface area contributed by atoms with Crippen LogP contribution >= 0.6 is 0 Å². The summed E-state index contributed by atoms with van der Waals surface area (Å²) >= 11 is 0. The molecule has 2 N–H and O–H groups in total. The van der Waals surface area contributed by atoms with Crippen LogP contribution in [0.3, 0.4) is 0 Å². The van der Waals surface area contributed by atoms with Crippen LogP contribution in [0.2, 0.25) is 0 Å². The van der Waals surface area contributed by atoms with Crippen molar-refractivity contribution in [1.82, 2.24) is 9.80 Å². The van der Waals surface area contributed by atoms with Crippen molar-refractivity contribution in [1.29, 1.82) is 0 Å². The Morgan fingerprint density at radius 1 is 1.33 bits per heavy atom. The third-order valence-corrected chi connectivity index (χ3v) is 4.59. The van der Waals surface area contributed by atoms with Crippen LogP contribution in [0.25, 0.3) is 6.08 Å². The van der Waals surface area contributed by atoms with Crippen LogP contribution in [0.4, 0.5) is 0 Å². The first kappa shape index (κ1) is 18.2. The molecule has 0 bridgehead atoms. The van der Waals surface area contributed by atoms with Gasteiger partial charge in [0.1, 0.15) is 0 Å². The number of nitrogens with zero attached hydrogens (tertiary/aromatic N) is 2. The fourth-order valence-corrected chi connectivity index (χ4v) is 3.15. The second kappa shape index (κ2) is 8.08. The topological polar surface area (TPSA) is 81.1 Å². The van der Waals surface area contributed by atoms with E-state index in [1.807, 2.05) is 18.9 Å². The Balaban J connectivity index is 1.98. The van der Waals surface area contributed by atoms with Gasteiger partial charge in [0.15, 0.2) is 0 Å². The van der Waals surface area contributed by atoms with E-state index in [9.17, 15) is 9.59 Å². The first-order valence-corrected chi connectivity index (χ1v) is 8.07. The highest BCUT2D eigenvalue weighted by atomic mass is 16.4. The smallest absolute Gasteiger partial charge is 0.335 e. The second-order valence-corrected chi connectivity index (χ2v) is 6.09. The van der Waals surface area contributed by atoms with Gasteiger partial charge in [-0.25, -0.2) is 4.79 Å². The number of benzene rings is 1. The molecule has 1 amide bonds. The fraction of sp³-hybridized carbons (Fsp3) is 0.444. The van der Waals surface area contributed by atoms with Crippen molar-refractivity contribution in [3.63, 3.8) is 0 Å². The number of aliphatic hydroxyl groups excluding tert-OH is 1. The van der Waals surface area contributed by atoms with Gasteiger partial charge in [-0.05, 0) is 44.2 Å². The molecule has 1 aliphatic heterocycles. The second-order valence-electron chi connectivity index (χ2n) is 6.09. The summed E-state index contributed by atoms with van der Waals surface area (Å²) in [6, 6.07) is 6.74. The van der Waals surface area contributed by atoms with Gasteiger partial charge in [-0.15, -0.1) is 0 Å². The lowest BCUT2D eigenvalue weighted by molar-refractivity contribution is -0.126.